The predicted molar refractivity (Wildman–Crippen MR) is 61.6 cm³/mol. The second-order valence-corrected chi connectivity index (χ2v) is 4.06. The molecule has 0 aliphatic rings. The maximum atomic E-state index is 8.67. The van der Waals surface area contributed by atoms with Crippen LogP contribution in [0.5, 0.6) is 0 Å². The highest BCUT2D eigenvalue weighted by Gasteiger charge is 2.03. The number of thiazole rings is 1. The highest BCUT2D eigenvalue weighted by atomic mass is 32.1. The highest BCUT2D eigenvalue weighted by Crippen LogP contribution is 2.23. The van der Waals surface area contributed by atoms with Crippen LogP contribution >= 0.6 is 11.3 Å². The smallest absolute Gasteiger partial charge is 0.152 e. The van der Waals surface area contributed by atoms with Gasteiger partial charge in [0.05, 0.1) is 0 Å². The van der Waals surface area contributed by atoms with Crippen molar-refractivity contribution in [2.24, 2.45) is 0 Å². The van der Waals surface area contributed by atoms with Gasteiger partial charge in [-0.1, -0.05) is 31.2 Å². The number of hydrogen-bond acceptors (Lipinski definition) is 3. The van der Waals surface area contributed by atoms with Crippen LogP contribution in [0.25, 0.3) is 10.6 Å². The van der Waals surface area contributed by atoms with Gasteiger partial charge in [-0.25, -0.2) is 4.98 Å². The Labute approximate surface area is 92.8 Å². The SMILES string of the molecule is CCc1ccc(-c2nc(C#N)cs2)cc1. The lowest BCUT2D eigenvalue weighted by atomic mass is 10.1. The van der Waals surface area contributed by atoms with Crippen LogP contribution in [-0.2, 0) is 6.42 Å². The van der Waals surface area contributed by atoms with E-state index in [1.807, 2.05) is 6.07 Å². The molecule has 0 fully saturated rings. The Hall–Kier alpha value is -1.66. The number of nitrogens with zero attached hydrogens (tertiary/aromatic N) is 2. The van der Waals surface area contributed by atoms with Crippen LogP contribution in [0.2, 0.25) is 0 Å². The van der Waals surface area contributed by atoms with Crippen LogP contribution in [-0.4, -0.2) is 4.98 Å². The summed E-state index contributed by atoms with van der Waals surface area (Å²) >= 11 is 1.51. The molecule has 1 aromatic heterocycles. The summed E-state index contributed by atoms with van der Waals surface area (Å²) in [6.45, 7) is 2.13. The van der Waals surface area contributed by atoms with Crippen molar-refractivity contribution in [2.45, 2.75) is 13.3 Å². The van der Waals surface area contributed by atoms with E-state index in [2.05, 4.69) is 36.2 Å². The van der Waals surface area contributed by atoms with Gasteiger partial charge in [0.25, 0.3) is 0 Å². The van der Waals surface area contributed by atoms with E-state index in [-0.39, 0.29) is 0 Å². The molecule has 0 amide bonds. The molecule has 15 heavy (non-hydrogen) atoms. The molecule has 0 bridgehead atoms. The number of aromatic nitrogens is 1. The zero-order valence-electron chi connectivity index (χ0n) is 8.40. The van der Waals surface area contributed by atoms with Crippen LogP contribution in [0, 0.1) is 11.3 Å². The minimum atomic E-state index is 0.495. The summed E-state index contributed by atoms with van der Waals surface area (Å²) in [5.74, 6) is 0. The average Bonchev–Trinajstić information content (AvgIpc) is 2.78. The summed E-state index contributed by atoms with van der Waals surface area (Å²) in [4.78, 5) is 4.21. The van der Waals surface area contributed by atoms with E-state index >= 15 is 0 Å². The van der Waals surface area contributed by atoms with Gasteiger partial charge in [-0.05, 0) is 12.0 Å². The number of benzene rings is 1. The number of nitriles is 1. The van der Waals surface area contributed by atoms with Crippen LogP contribution in [0.3, 0.4) is 0 Å². The zero-order valence-corrected chi connectivity index (χ0v) is 9.21. The van der Waals surface area contributed by atoms with Gasteiger partial charge in [0.15, 0.2) is 5.69 Å². The molecule has 2 rings (SSSR count). The van der Waals surface area contributed by atoms with Gasteiger partial charge >= 0.3 is 0 Å². The molecule has 1 aromatic carbocycles. The Kier molecular flexibility index (Phi) is 2.79. The maximum absolute atomic E-state index is 8.67. The van der Waals surface area contributed by atoms with Gasteiger partial charge in [-0.2, -0.15) is 5.26 Å². The Bertz CT molecular complexity index is 491. The largest absolute Gasteiger partial charge is 0.225 e. The first-order valence-electron chi connectivity index (χ1n) is 4.78. The minimum Gasteiger partial charge on any atom is -0.225 e. The Morgan fingerprint density at radius 3 is 2.60 bits per heavy atom. The first-order valence-corrected chi connectivity index (χ1v) is 5.66. The van der Waals surface area contributed by atoms with Gasteiger partial charge in [-0.15, -0.1) is 11.3 Å². The fraction of sp³-hybridized carbons (Fsp3) is 0.167. The van der Waals surface area contributed by atoms with Crippen molar-refractivity contribution in [2.75, 3.05) is 0 Å². The quantitative estimate of drug-likeness (QED) is 0.769. The van der Waals surface area contributed by atoms with Gasteiger partial charge in [-0.3, -0.25) is 0 Å². The molecule has 1 heterocycles. The molecule has 0 unspecified atom stereocenters. The summed E-state index contributed by atoms with van der Waals surface area (Å²) in [6, 6.07) is 10.3. The molecular weight excluding hydrogens is 204 g/mol. The Morgan fingerprint density at radius 2 is 2.07 bits per heavy atom. The standard InChI is InChI=1S/C12H10N2S/c1-2-9-3-5-10(6-4-9)12-14-11(7-13)8-15-12/h3-6,8H,2H2,1H3. The van der Waals surface area contributed by atoms with Crippen molar-refractivity contribution in [3.63, 3.8) is 0 Å². The Balaban J connectivity index is 2.33. The first kappa shape index (κ1) is 9.88. The first-order chi connectivity index (χ1) is 7.33. The second-order valence-electron chi connectivity index (χ2n) is 3.20. The molecule has 74 valence electrons. The van der Waals surface area contributed by atoms with Gasteiger partial charge in [0, 0.05) is 10.9 Å². The zero-order chi connectivity index (χ0) is 10.7. The molecule has 2 aromatic rings. The molecule has 0 radical (unpaired) electrons. The summed E-state index contributed by atoms with van der Waals surface area (Å²) in [5.41, 5.74) is 2.89. The van der Waals surface area contributed by atoms with E-state index < -0.39 is 0 Å². The summed E-state index contributed by atoms with van der Waals surface area (Å²) in [5, 5.41) is 11.4. The normalized spacial score (nSPS) is 9.87. The third kappa shape index (κ3) is 2.05. The second kappa shape index (κ2) is 4.24. The van der Waals surface area contributed by atoms with Crippen LogP contribution in [0.15, 0.2) is 29.6 Å². The van der Waals surface area contributed by atoms with E-state index in [0.717, 1.165) is 17.0 Å². The molecule has 0 saturated heterocycles. The van der Waals surface area contributed by atoms with Gasteiger partial charge < -0.3 is 0 Å². The van der Waals surface area contributed by atoms with E-state index in [1.54, 1.807) is 5.38 Å². The van der Waals surface area contributed by atoms with Crippen molar-refractivity contribution in [3.8, 4) is 16.6 Å². The van der Waals surface area contributed by atoms with E-state index in [4.69, 9.17) is 5.26 Å². The molecule has 2 nitrogen and oxygen atoms in total. The van der Waals surface area contributed by atoms with Crippen molar-refractivity contribution in [3.05, 3.63) is 40.9 Å². The molecule has 0 spiro atoms. The minimum absolute atomic E-state index is 0.495. The summed E-state index contributed by atoms with van der Waals surface area (Å²) < 4.78 is 0. The van der Waals surface area contributed by atoms with Crippen molar-refractivity contribution < 1.29 is 0 Å². The molecule has 3 heteroatoms. The Morgan fingerprint density at radius 1 is 1.33 bits per heavy atom. The number of aryl methyl sites for hydroxylation is 1. The van der Waals surface area contributed by atoms with E-state index in [9.17, 15) is 0 Å². The fourth-order valence-electron chi connectivity index (χ4n) is 1.34. The lowest BCUT2D eigenvalue weighted by Gasteiger charge is -1.98. The predicted octanol–water partition coefficient (Wildman–Crippen LogP) is 3.24. The molecule has 0 aliphatic carbocycles. The topological polar surface area (TPSA) is 36.7 Å². The molecule has 0 N–H and O–H groups in total. The van der Waals surface area contributed by atoms with Crippen LogP contribution in [0.1, 0.15) is 18.2 Å². The van der Waals surface area contributed by atoms with Crippen molar-refractivity contribution in [1.82, 2.24) is 4.98 Å². The number of rotatable bonds is 2. The van der Waals surface area contributed by atoms with E-state index in [1.165, 1.54) is 16.9 Å². The van der Waals surface area contributed by atoms with Crippen molar-refractivity contribution >= 4 is 11.3 Å². The molecule has 0 atom stereocenters. The lowest BCUT2D eigenvalue weighted by molar-refractivity contribution is 1.14. The average molecular weight is 214 g/mol. The molecular formula is C12H10N2S. The maximum Gasteiger partial charge on any atom is 0.152 e. The summed E-state index contributed by atoms with van der Waals surface area (Å²) in [6.07, 6.45) is 1.04. The van der Waals surface area contributed by atoms with Crippen LogP contribution in [0.4, 0.5) is 0 Å². The number of hydrogen-bond donors (Lipinski definition) is 0. The van der Waals surface area contributed by atoms with Gasteiger partial charge in [0.2, 0.25) is 0 Å². The van der Waals surface area contributed by atoms with Crippen LogP contribution < -0.4 is 0 Å². The monoisotopic (exact) mass is 214 g/mol. The summed E-state index contributed by atoms with van der Waals surface area (Å²) in [7, 11) is 0. The van der Waals surface area contributed by atoms with E-state index in [0.29, 0.717) is 5.69 Å². The highest BCUT2D eigenvalue weighted by molar-refractivity contribution is 7.13. The van der Waals surface area contributed by atoms with Crippen molar-refractivity contribution in [1.29, 1.82) is 5.26 Å². The molecule has 0 saturated carbocycles. The fourth-order valence-corrected chi connectivity index (χ4v) is 2.09. The third-order valence-electron chi connectivity index (χ3n) is 2.23. The third-order valence-corrected chi connectivity index (χ3v) is 3.12. The lowest BCUT2D eigenvalue weighted by Crippen LogP contribution is -1.81. The van der Waals surface area contributed by atoms with Gasteiger partial charge in [0.1, 0.15) is 11.1 Å². The molecule has 0 aliphatic heterocycles.